The summed E-state index contributed by atoms with van der Waals surface area (Å²) in [6.45, 7) is 0. The number of esters is 2. The van der Waals surface area contributed by atoms with Crippen LogP contribution in [0.4, 0.5) is 24.5 Å². The molecule has 0 spiro atoms. The number of benzene rings is 2. The van der Waals surface area contributed by atoms with Crippen molar-refractivity contribution in [3.63, 3.8) is 0 Å². The molecule has 0 aliphatic rings. The zero-order valence-corrected chi connectivity index (χ0v) is 15.0. The highest BCUT2D eigenvalue weighted by atomic mass is 19.2. The fraction of sp³-hybridized carbons (Fsp3) is 0.111. The van der Waals surface area contributed by atoms with Crippen molar-refractivity contribution in [2.45, 2.75) is 0 Å². The lowest BCUT2D eigenvalue weighted by molar-refractivity contribution is -0.133. The van der Waals surface area contributed by atoms with Gasteiger partial charge in [-0.2, -0.15) is 0 Å². The highest BCUT2D eigenvalue weighted by molar-refractivity contribution is 6.44. The molecule has 0 heterocycles. The number of methoxy groups -OCH3 is 2. The van der Waals surface area contributed by atoms with Gasteiger partial charge in [0.1, 0.15) is 0 Å². The second kappa shape index (κ2) is 8.87. The van der Waals surface area contributed by atoms with Gasteiger partial charge in [-0.25, -0.2) is 22.8 Å². The van der Waals surface area contributed by atoms with Crippen LogP contribution in [0.15, 0.2) is 30.3 Å². The van der Waals surface area contributed by atoms with Crippen LogP contribution in [0.2, 0.25) is 0 Å². The average molecular weight is 410 g/mol. The summed E-state index contributed by atoms with van der Waals surface area (Å²) in [7, 11) is 2.18. The predicted octanol–water partition coefficient (Wildman–Crippen LogP) is 2.25. The molecular formula is C18H13F3N2O6. The van der Waals surface area contributed by atoms with E-state index in [1.54, 1.807) is 5.32 Å². The third-order valence-corrected chi connectivity index (χ3v) is 3.58. The fourth-order valence-corrected chi connectivity index (χ4v) is 2.16. The molecule has 29 heavy (non-hydrogen) atoms. The normalized spacial score (nSPS) is 10.1. The second-order valence-corrected chi connectivity index (χ2v) is 5.37. The van der Waals surface area contributed by atoms with Crippen molar-refractivity contribution < 1.29 is 41.8 Å². The Morgan fingerprint density at radius 1 is 0.759 bits per heavy atom. The number of ether oxygens (including phenoxy) is 2. The minimum Gasteiger partial charge on any atom is -0.465 e. The first kappa shape index (κ1) is 21.4. The Hall–Kier alpha value is -3.89. The van der Waals surface area contributed by atoms with Gasteiger partial charge in [-0.15, -0.1) is 0 Å². The van der Waals surface area contributed by atoms with Crippen LogP contribution < -0.4 is 10.6 Å². The van der Waals surface area contributed by atoms with Crippen molar-refractivity contribution in [1.29, 1.82) is 0 Å². The van der Waals surface area contributed by atoms with Crippen LogP contribution in [0.25, 0.3) is 0 Å². The largest absolute Gasteiger partial charge is 0.465 e. The Kier molecular flexibility index (Phi) is 6.55. The molecule has 0 aliphatic carbocycles. The zero-order chi connectivity index (χ0) is 21.7. The summed E-state index contributed by atoms with van der Waals surface area (Å²) in [5.74, 6) is -9.52. The van der Waals surface area contributed by atoms with E-state index in [0.717, 1.165) is 32.4 Å². The van der Waals surface area contributed by atoms with Gasteiger partial charge in [-0.1, -0.05) is 0 Å². The fourth-order valence-electron chi connectivity index (χ4n) is 2.16. The van der Waals surface area contributed by atoms with Crippen molar-refractivity contribution in [2.24, 2.45) is 0 Å². The van der Waals surface area contributed by atoms with Crippen LogP contribution in [0, 0.1) is 17.5 Å². The lowest BCUT2D eigenvalue weighted by Gasteiger charge is -2.12. The maximum absolute atomic E-state index is 13.6. The monoisotopic (exact) mass is 410 g/mol. The van der Waals surface area contributed by atoms with Crippen LogP contribution in [0.1, 0.15) is 20.7 Å². The minimum absolute atomic E-state index is 0.0532. The molecule has 0 radical (unpaired) electrons. The number of hydrogen-bond acceptors (Lipinski definition) is 6. The minimum atomic E-state index is -1.83. The van der Waals surface area contributed by atoms with Crippen LogP contribution in [0.5, 0.6) is 0 Å². The molecule has 0 aromatic heterocycles. The molecule has 0 fully saturated rings. The van der Waals surface area contributed by atoms with Crippen molar-refractivity contribution in [3.05, 3.63) is 58.9 Å². The number of carbonyl (C=O) groups excluding carboxylic acids is 4. The van der Waals surface area contributed by atoms with E-state index in [4.69, 9.17) is 0 Å². The summed E-state index contributed by atoms with van der Waals surface area (Å²) >= 11 is 0. The van der Waals surface area contributed by atoms with Gasteiger partial charge < -0.3 is 20.1 Å². The molecule has 0 bridgehead atoms. The molecule has 0 saturated carbocycles. The molecular weight excluding hydrogens is 397 g/mol. The molecule has 2 rings (SSSR count). The Labute approximate surface area is 161 Å². The number of amides is 2. The SMILES string of the molecule is COC(=O)c1ccc(C(=O)OC)c(NC(=O)C(=O)Nc2ccc(F)c(F)c2F)c1. The Morgan fingerprint density at radius 2 is 1.34 bits per heavy atom. The lowest BCUT2D eigenvalue weighted by atomic mass is 10.1. The number of nitrogens with one attached hydrogen (secondary N) is 2. The summed E-state index contributed by atoms with van der Waals surface area (Å²) < 4.78 is 48.9. The van der Waals surface area contributed by atoms with E-state index in [1.165, 1.54) is 6.07 Å². The molecule has 0 saturated heterocycles. The van der Waals surface area contributed by atoms with E-state index in [0.29, 0.717) is 6.07 Å². The van der Waals surface area contributed by atoms with Gasteiger partial charge in [-0.3, -0.25) is 9.59 Å². The Morgan fingerprint density at radius 3 is 1.93 bits per heavy atom. The van der Waals surface area contributed by atoms with Crippen LogP contribution in [0.3, 0.4) is 0 Å². The number of anilines is 2. The molecule has 0 atom stereocenters. The standard InChI is InChI=1S/C18H13F3N2O6/c1-28-17(26)8-3-4-9(18(27)29-2)12(7-8)23-16(25)15(24)22-11-6-5-10(19)13(20)14(11)21/h3-7H,1-2H3,(H,22,24)(H,23,25). The van der Waals surface area contributed by atoms with Crippen LogP contribution >= 0.6 is 0 Å². The molecule has 8 nitrogen and oxygen atoms in total. The van der Waals surface area contributed by atoms with Gasteiger partial charge in [0, 0.05) is 0 Å². The van der Waals surface area contributed by atoms with E-state index < -0.39 is 46.9 Å². The summed E-state index contributed by atoms with van der Waals surface area (Å²) in [5.41, 5.74) is -1.30. The van der Waals surface area contributed by atoms with Crippen molar-refractivity contribution in [1.82, 2.24) is 0 Å². The molecule has 152 valence electrons. The quantitative estimate of drug-likeness (QED) is 0.455. The molecule has 0 unspecified atom stereocenters. The van der Waals surface area contributed by atoms with Gasteiger partial charge in [0.2, 0.25) is 0 Å². The highest BCUT2D eigenvalue weighted by Crippen LogP contribution is 2.21. The van der Waals surface area contributed by atoms with Gasteiger partial charge in [0.25, 0.3) is 0 Å². The van der Waals surface area contributed by atoms with E-state index in [9.17, 15) is 32.3 Å². The first-order chi connectivity index (χ1) is 13.7. The predicted molar refractivity (Wildman–Crippen MR) is 92.7 cm³/mol. The molecule has 11 heteroatoms. The van der Waals surface area contributed by atoms with Crippen molar-refractivity contribution in [2.75, 3.05) is 24.9 Å². The number of carbonyl (C=O) groups is 4. The van der Waals surface area contributed by atoms with Gasteiger partial charge in [-0.05, 0) is 30.3 Å². The van der Waals surface area contributed by atoms with E-state index in [-0.39, 0.29) is 16.8 Å². The van der Waals surface area contributed by atoms with Crippen LogP contribution in [-0.2, 0) is 19.1 Å². The van der Waals surface area contributed by atoms with E-state index >= 15 is 0 Å². The summed E-state index contributed by atoms with van der Waals surface area (Å²) in [6, 6.07) is 4.71. The topological polar surface area (TPSA) is 111 Å². The highest BCUT2D eigenvalue weighted by Gasteiger charge is 2.22. The molecule has 2 aromatic rings. The summed E-state index contributed by atoms with van der Waals surface area (Å²) in [4.78, 5) is 47.5. The van der Waals surface area contributed by atoms with Gasteiger partial charge >= 0.3 is 23.8 Å². The second-order valence-electron chi connectivity index (χ2n) is 5.37. The third kappa shape index (κ3) is 4.69. The zero-order valence-electron chi connectivity index (χ0n) is 15.0. The third-order valence-electron chi connectivity index (χ3n) is 3.58. The summed E-state index contributed by atoms with van der Waals surface area (Å²) in [5, 5.41) is 3.83. The average Bonchev–Trinajstić information content (AvgIpc) is 2.72. The Bertz CT molecular complexity index is 1010. The summed E-state index contributed by atoms with van der Waals surface area (Å²) in [6.07, 6.45) is 0. The van der Waals surface area contributed by atoms with Crippen molar-refractivity contribution >= 4 is 35.1 Å². The van der Waals surface area contributed by atoms with E-state index in [2.05, 4.69) is 14.8 Å². The number of halogens is 3. The molecule has 2 aromatic carbocycles. The van der Waals surface area contributed by atoms with Gasteiger partial charge in [0.05, 0.1) is 36.7 Å². The lowest BCUT2D eigenvalue weighted by Crippen LogP contribution is -2.30. The smallest absolute Gasteiger partial charge is 0.339 e. The molecule has 0 aliphatic heterocycles. The maximum atomic E-state index is 13.6. The first-order valence-electron chi connectivity index (χ1n) is 7.76. The van der Waals surface area contributed by atoms with Gasteiger partial charge in [0.15, 0.2) is 17.5 Å². The number of hydrogen-bond donors (Lipinski definition) is 2. The van der Waals surface area contributed by atoms with Crippen LogP contribution in [-0.4, -0.2) is 38.0 Å². The van der Waals surface area contributed by atoms with Crippen molar-refractivity contribution in [3.8, 4) is 0 Å². The van der Waals surface area contributed by atoms with E-state index in [1.807, 2.05) is 0 Å². The number of rotatable bonds is 4. The first-order valence-corrected chi connectivity index (χ1v) is 7.76. The molecule has 2 N–H and O–H groups in total. The Balaban J connectivity index is 2.28. The molecule has 2 amide bonds. The maximum Gasteiger partial charge on any atom is 0.339 e.